The van der Waals surface area contributed by atoms with E-state index in [1.807, 2.05) is 30.3 Å². The highest BCUT2D eigenvalue weighted by Crippen LogP contribution is 2.30. The van der Waals surface area contributed by atoms with Crippen LogP contribution in [0.3, 0.4) is 0 Å². The summed E-state index contributed by atoms with van der Waals surface area (Å²) >= 11 is 8.70. The average Bonchev–Trinajstić information content (AvgIpc) is 2.94. The van der Waals surface area contributed by atoms with Crippen molar-refractivity contribution in [3.63, 3.8) is 0 Å². The summed E-state index contributed by atoms with van der Waals surface area (Å²) in [6.45, 7) is 0.146. The number of carbonyl (C=O) groups is 1. The summed E-state index contributed by atoms with van der Waals surface area (Å²) in [4.78, 5) is 14.2. The second-order valence-corrected chi connectivity index (χ2v) is 6.81. The van der Waals surface area contributed by atoms with Crippen LogP contribution in [0, 0.1) is 12.3 Å². The zero-order chi connectivity index (χ0) is 19.4. The number of halogens is 1. The molecule has 1 aliphatic rings. The molecule has 1 saturated heterocycles. The molecule has 0 bridgehead atoms. The van der Waals surface area contributed by atoms with Gasteiger partial charge in [-0.3, -0.25) is 9.69 Å². The number of rotatable bonds is 5. The van der Waals surface area contributed by atoms with Gasteiger partial charge in [-0.05, 0) is 60.3 Å². The number of benzene rings is 2. The monoisotopic (exact) mass is 442 g/mol. The lowest BCUT2D eigenvalue weighted by atomic mass is 10.1. The smallest absolute Gasteiger partial charge is 0.281 e. The van der Waals surface area contributed by atoms with E-state index in [0.717, 1.165) is 10.0 Å². The second kappa shape index (κ2) is 8.25. The molecule has 2 aromatic rings. The fourth-order valence-corrected chi connectivity index (χ4v) is 3.10. The quantitative estimate of drug-likeness (QED) is 0.434. The van der Waals surface area contributed by atoms with E-state index in [2.05, 4.69) is 27.2 Å². The molecular weight excluding hydrogens is 428 g/mol. The van der Waals surface area contributed by atoms with Gasteiger partial charge in [0.2, 0.25) is 0 Å². The van der Waals surface area contributed by atoms with E-state index in [1.54, 1.807) is 25.3 Å². The topological polar surface area (TPSA) is 50.8 Å². The van der Waals surface area contributed by atoms with Crippen LogP contribution in [0.25, 0.3) is 6.08 Å². The number of hydrogen-bond acceptors (Lipinski definition) is 4. The van der Waals surface area contributed by atoms with E-state index >= 15 is 0 Å². The van der Waals surface area contributed by atoms with Crippen molar-refractivity contribution in [2.24, 2.45) is 0 Å². The Bertz CT molecular complexity index is 964. The first kappa shape index (κ1) is 19.0. The molecule has 7 heteroatoms. The van der Waals surface area contributed by atoms with E-state index in [9.17, 15) is 4.79 Å². The lowest BCUT2D eigenvalue weighted by molar-refractivity contribution is -0.113. The molecule has 1 aliphatic heterocycles. The SMILES string of the molecule is C#CCOc1ccc(/C=C2/NC(=S)N(c3ccc(Br)cc3)C2=O)cc1OC. The summed E-state index contributed by atoms with van der Waals surface area (Å²) in [6, 6.07) is 12.7. The Labute approximate surface area is 171 Å². The fourth-order valence-electron chi connectivity index (χ4n) is 2.54. The molecule has 0 atom stereocenters. The maximum atomic E-state index is 12.8. The van der Waals surface area contributed by atoms with Gasteiger partial charge in [0.25, 0.3) is 5.91 Å². The van der Waals surface area contributed by atoms with Gasteiger partial charge in [0.05, 0.1) is 12.8 Å². The molecule has 5 nitrogen and oxygen atoms in total. The third-order valence-electron chi connectivity index (χ3n) is 3.77. The van der Waals surface area contributed by atoms with Crippen LogP contribution in [-0.4, -0.2) is 24.7 Å². The molecule has 0 spiro atoms. The Balaban J connectivity index is 1.87. The van der Waals surface area contributed by atoms with E-state index in [1.165, 1.54) is 4.90 Å². The number of anilines is 1. The van der Waals surface area contributed by atoms with Gasteiger partial charge >= 0.3 is 0 Å². The molecular formula is C20H15BrN2O3S. The maximum absolute atomic E-state index is 12.8. The highest BCUT2D eigenvalue weighted by atomic mass is 79.9. The molecule has 0 saturated carbocycles. The minimum atomic E-state index is -0.228. The molecule has 136 valence electrons. The number of amides is 1. The van der Waals surface area contributed by atoms with Gasteiger partial charge in [-0.2, -0.15) is 0 Å². The van der Waals surface area contributed by atoms with E-state index in [4.69, 9.17) is 28.1 Å². The molecule has 0 aliphatic carbocycles. The van der Waals surface area contributed by atoms with Crippen molar-refractivity contribution in [2.45, 2.75) is 0 Å². The molecule has 3 rings (SSSR count). The fraction of sp³-hybridized carbons (Fsp3) is 0.100. The molecule has 1 amide bonds. The van der Waals surface area contributed by atoms with E-state index < -0.39 is 0 Å². The van der Waals surface area contributed by atoms with Crippen LogP contribution in [-0.2, 0) is 4.79 Å². The zero-order valence-corrected chi connectivity index (χ0v) is 16.8. The minimum Gasteiger partial charge on any atom is -0.493 e. The normalized spacial score (nSPS) is 14.9. The Morgan fingerprint density at radius 3 is 2.67 bits per heavy atom. The van der Waals surface area contributed by atoms with Gasteiger partial charge < -0.3 is 14.8 Å². The number of carbonyl (C=O) groups excluding carboxylic acids is 1. The lowest BCUT2D eigenvalue weighted by Crippen LogP contribution is -2.30. The highest BCUT2D eigenvalue weighted by Gasteiger charge is 2.31. The number of methoxy groups -OCH3 is 1. The number of terminal acetylenes is 1. The Kier molecular flexibility index (Phi) is 5.79. The van der Waals surface area contributed by atoms with Crippen LogP contribution in [0.5, 0.6) is 11.5 Å². The number of ether oxygens (including phenoxy) is 2. The zero-order valence-electron chi connectivity index (χ0n) is 14.4. The number of hydrogen-bond donors (Lipinski definition) is 1. The van der Waals surface area contributed by atoms with Gasteiger partial charge in [-0.1, -0.05) is 27.9 Å². The molecule has 2 aromatic carbocycles. The second-order valence-electron chi connectivity index (χ2n) is 5.51. The maximum Gasteiger partial charge on any atom is 0.281 e. The Hall–Kier alpha value is -2.82. The number of nitrogens with one attached hydrogen (secondary N) is 1. The molecule has 0 unspecified atom stereocenters. The molecule has 1 heterocycles. The van der Waals surface area contributed by atoms with Crippen molar-refractivity contribution in [2.75, 3.05) is 18.6 Å². The molecule has 1 N–H and O–H groups in total. The third-order valence-corrected chi connectivity index (χ3v) is 4.59. The van der Waals surface area contributed by atoms with Crippen molar-refractivity contribution in [3.05, 3.63) is 58.2 Å². The van der Waals surface area contributed by atoms with Gasteiger partial charge in [-0.15, -0.1) is 6.42 Å². The predicted octanol–water partition coefficient (Wildman–Crippen LogP) is 3.73. The van der Waals surface area contributed by atoms with Crippen LogP contribution < -0.4 is 19.7 Å². The molecule has 1 fully saturated rings. The van der Waals surface area contributed by atoms with Crippen molar-refractivity contribution in [1.29, 1.82) is 0 Å². The van der Waals surface area contributed by atoms with Crippen molar-refractivity contribution in [1.82, 2.24) is 5.32 Å². The van der Waals surface area contributed by atoms with Crippen LogP contribution in [0.1, 0.15) is 5.56 Å². The standard InChI is InChI=1S/C20H15BrN2O3S/c1-3-10-26-17-9-4-13(12-18(17)25-2)11-16-19(24)23(20(27)22-16)15-7-5-14(21)6-8-15/h1,4-9,11-12H,10H2,2H3,(H,22,27)/b16-11+. The van der Waals surface area contributed by atoms with Crippen LogP contribution >= 0.6 is 28.1 Å². The largest absolute Gasteiger partial charge is 0.493 e. The molecule has 27 heavy (non-hydrogen) atoms. The summed E-state index contributed by atoms with van der Waals surface area (Å²) in [6.07, 6.45) is 6.92. The summed E-state index contributed by atoms with van der Waals surface area (Å²) in [7, 11) is 1.54. The van der Waals surface area contributed by atoms with Crippen LogP contribution in [0.15, 0.2) is 52.6 Å². The lowest BCUT2D eigenvalue weighted by Gasteiger charge is -2.13. The first-order valence-corrected chi connectivity index (χ1v) is 9.10. The van der Waals surface area contributed by atoms with Gasteiger partial charge in [-0.25, -0.2) is 0 Å². The van der Waals surface area contributed by atoms with Crippen molar-refractivity contribution in [3.8, 4) is 23.8 Å². The van der Waals surface area contributed by atoms with E-state index in [0.29, 0.717) is 28.0 Å². The Morgan fingerprint density at radius 2 is 2.00 bits per heavy atom. The molecule has 0 radical (unpaired) electrons. The summed E-state index contributed by atoms with van der Waals surface area (Å²) in [5.74, 6) is 3.24. The van der Waals surface area contributed by atoms with Crippen LogP contribution in [0.2, 0.25) is 0 Å². The van der Waals surface area contributed by atoms with E-state index in [-0.39, 0.29) is 12.5 Å². The Morgan fingerprint density at radius 1 is 1.26 bits per heavy atom. The average molecular weight is 443 g/mol. The van der Waals surface area contributed by atoms with Crippen molar-refractivity contribution >= 4 is 50.9 Å². The number of thiocarbonyl (C=S) groups is 1. The van der Waals surface area contributed by atoms with Gasteiger partial charge in [0.1, 0.15) is 12.3 Å². The van der Waals surface area contributed by atoms with Gasteiger partial charge in [0, 0.05) is 4.47 Å². The molecule has 0 aromatic heterocycles. The third kappa shape index (κ3) is 4.13. The first-order chi connectivity index (χ1) is 13.0. The van der Waals surface area contributed by atoms with Gasteiger partial charge in [0.15, 0.2) is 16.6 Å². The first-order valence-electron chi connectivity index (χ1n) is 7.90. The number of nitrogens with zero attached hydrogens (tertiary/aromatic N) is 1. The summed E-state index contributed by atoms with van der Waals surface area (Å²) in [5.41, 5.74) is 1.83. The summed E-state index contributed by atoms with van der Waals surface area (Å²) in [5, 5.41) is 3.29. The highest BCUT2D eigenvalue weighted by molar-refractivity contribution is 9.10. The predicted molar refractivity (Wildman–Crippen MR) is 113 cm³/mol. The van der Waals surface area contributed by atoms with Crippen molar-refractivity contribution < 1.29 is 14.3 Å². The summed E-state index contributed by atoms with van der Waals surface area (Å²) < 4.78 is 11.7. The van der Waals surface area contributed by atoms with Crippen LogP contribution in [0.4, 0.5) is 5.69 Å². The minimum absolute atomic E-state index is 0.146.